The Morgan fingerprint density at radius 3 is 2.82 bits per heavy atom. The van der Waals surface area contributed by atoms with Gasteiger partial charge in [-0.3, -0.25) is 4.79 Å². The van der Waals surface area contributed by atoms with E-state index >= 15 is 0 Å². The van der Waals surface area contributed by atoms with E-state index in [2.05, 4.69) is 20.3 Å². The van der Waals surface area contributed by atoms with Gasteiger partial charge in [-0.15, -0.1) is 0 Å². The van der Waals surface area contributed by atoms with E-state index in [4.69, 9.17) is 4.42 Å². The Bertz CT molecular complexity index is 1650. The average molecular weight is 462 g/mol. The normalized spacial score (nSPS) is 11.9. The molecule has 3 aromatic heterocycles. The highest BCUT2D eigenvalue weighted by Crippen LogP contribution is 2.37. The third-order valence-corrected chi connectivity index (χ3v) is 5.39. The molecule has 0 radical (unpaired) electrons. The van der Waals surface area contributed by atoms with Crippen molar-refractivity contribution in [1.82, 2.24) is 15.0 Å². The van der Waals surface area contributed by atoms with Crippen LogP contribution < -0.4 is 10.9 Å². The lowest BCUT2D eigenvalue weighted by atomic mass is 9.95. The number of nitrogens with zero attached hydrogens (tertiary/aromatic N) is 1. The van der Waals surface area contributed by atoms with Gasteiger partial charge in [0.2, 0.25) is 0 Å². The van der Waals surface area contributed by atoms with Gasteiger partial charge < -0.3 is 24.8 Å². The van der Waals surface area contributed by atoms with Crippen molar-refractivity contribution in [1.29, 1.82) is 0 Å². The van der Waals surface area contributed by atoms with Crippen LogP contribution in [-0.2, 0) is 11.3 Å². The molecular weight excluding hydrogens is 446 g/mol. The first-order valence-corrected chi connectivity index (χ1v) is 10.1. The number of furan rings is 1. The average Bonchev–Trinajstić information content (AvgIpc) is 3.46. The molecule has 170 valence electrons. The summed E-state index contributed by atoms with van der Waals surface area (Å²) < 4.78 is 35.0. The number of aromatic nitrogens is 3. The van der Waals surface area contributed by atoms with E-state index in [9.17, 15) is 23.5 Å². The molecule has 0 aliphatic rings. The number of anilines is 1. The minimum absolute atomic E-state index is 0.00120. The molecule has 0 bridgehead atoms. The number of aromatic amines is 2. The van der Waals surface area contributed by atoms with Crippen LogP contribution >= 0.6 is 0 Å². The number of rotatable bonds is 6. The number of pyridine rings is 1. The predicted octanol–water partition coefficient (Wildman–Crippen LogP) is 4.40. The summed E-state index contributed by atoms with van der Waals surface area (Å²) in [5, 5.41) is 12.6. The van der Waals surface area contributed by atoms with Crippen molar-refractivity contribution in [3.8, 4) is 0 Å². The van der Waals surface area contributed by atoms with Gasteiger partial charge in [-0.2, -0.15) is 0 Å². The van der Waals surface area contributed by atoms with Crippen LogP contribution in [-0.4, -0.2) is 26.0 Å². The predicted molar refractivity (Wildman–Crippen MR) is 121 cm³/mol. The topological polar surface area (TPSA) is 124 Å². The van der Waals surface area contributed by atoms with Gasteiger partial charge in [0.15, 0.2) is 0 Å². The van der Waals surface area contributed by atoms with Crippen molar-refractivity contribution in [2.45, 2.75) is 6.54 Å². The first kappa shape index (κ1) is 21.1. The highest BCUT2D eigenvalue weighted by Gasteiger charge is 2.22. The van der Waals surface area contributed by atoms with Gasteiger partial charge in [0.05, 0.1) is 29.0 Å². The van der Waals surface area contributed by atoms with Crippen molar-refractivity contribution in [3.63, 3.8) is 0 Å². The number of hydrogen-bond acceptors (Lipinski definition) is 5. The van der Waals surface area contributed by atoms with Crippen LogP contribution in [0.1, 0.15) is 16.7 Å². The lowest BCUT2D eigenvalue weighted by Gasteiger charge is -2.16. The molecule has 5 aromatic rings. The molecule has 4 N–H and O–H groups in total. The SMILES string of the molecule is O=C(O)/C=C(\c1ccc[nH]c1=O)c1c(NCc2cc3[nH]cnc3cc2F)cc(F)c2ccoc12. The standard InChI is InChI=1S/C24H16F2N4O4/c25-16-8-19-18(29-11-30-19)6-12(16)10-28-20-9-17(26)14-3-5-34-23(14)22(20)15(7-21(31)32)13-2-1-4-27-24(13)33/h1-9,11,28H,10H2,(H,27,33)(H,29,30)(H,31,32)/b15-7+. The second-order valence-corrected chi connectivity index (χ2v) is 7.47. The van der Waals surface area contributed by atoms with E-state index < -0.39 is 23.2 Å². The molecular formula is C24H16F2N4O4. The minimum atomic E-state index is -1.32. The van der Waals surface area contributed by atoms with E-state index in [0.29, 0.717) is 11.0 Å². The first-order chi connectivity index (χ1) is 16.4. The lowest BCUT2D eigenvalue weighted by Crippen LogP contribution is -2.13. The third-order valence-electron chi connectivity index (χ3n) is 5.39. The summed E-state index contributed by atoms with van der Waals surface area (Å²) in [7, 11) is 0. The Hall–Kier alpha value is -4.73. The van der Waals surface area contributed by atoms with E-state index in [1.807, 2.05) is 0 Å². The number of H-pyrrole nitrogens is 2. The quantitative estimate of drug-likeness (QED) is 0.277. The first-order valence-electron chi connectivity index (χ1n) is 10.1. The summed E-state index contributed by atoms with van der Waals surface area (Å²) in [6.07, 6.45) is 4.97. The maximum absolute atomic E-state index is 14.8. The summed E-state index contributed by atoms with van der Waals surface area (Å²) in [5.41, 5.74) is 1.17. The Morgan fingerprint density at radius 1 is 1.18 bits per heavy atom. The summed E-state index contributed by atoms with van der Waals surface area (Å²) >= 11 is 0. The number of fused-ring (bicyclic) bond motifs is 2. The number of aliphatic carboxylic acids is 1. The Labute approximate surface area is 189 Å². The number of nitrogens with one attached hydrogen (secondary N) is 3. The molecule has 2 aromatic carbocycles. The fourth-order valence-electron chi connectivity index (χ4n) is 3.87. The molecule has 0 atom stereocenters. The van der Waals surface area contributed by atoms with E-state index in [1.54, 1.807) is 6.07 Å². The maximum atomic E-state index is 14.8. The summed E-state index contributed by atoms with van der Waals surface area (Å²) in [6, 6.07) is 8.39. The number of hydrogen-bond donors (Lipinski definition) is 4. The molecule has 0 aliphatic carbocycles. The fourth-order valence-corrected chi connectivity index (χ4v) is 3.87. The number of carbonyl (C=O) groups is 1. The molecule has 5 rings (SSSR count). The number of carboxylic acids is 1. The van der Waals surface area contributed by atoms with Crippen LogP contribution in [0.5, 0.6) is 0 Å². The highest BCUT2D eigenvalue weighted by atomic mass is 19.1. The van der Waals surface area contributed by atoms with Gasteiger partial charge in [-0.05, 0) is 30.3 Å². The molecule has 8 nitrogen and oxygen atoms in total. The van der Waals surface area contributed by atoms with Gasteiger partial charge >= 0.3 is 5.97 Å². The van der Waals surface area contributed by atoms with E-state index in [-0.39, 0.29) is 45.5 Å². The summed E-state index contributed by atoms with van der Waals surface area (Å²) in [5.74, 6) is -2.46. The molecule has 0 saturated heterocycles. The number of halogens is 2. The zero-order valence-corrected chi connectivity index (χ0v) is 17.4. The summed E-state index contributed by atoms with van der Waals surface area (Å²) in [4.78, 5) is 33.6. The van der Waals surface area contributed by atoms with Gasteiger partial charge in [0.25, 0.3) is 5.56 Å². The molecule has 0 fully saturated rings. The number of imidazole rings is 1. The maximum Gasteiger partial charge on any atom is 0.328 e. The second-order valence-electron chi connectivity index (χ2n) is 7.47. The van der Waals surface area contributed by atoms with E-state index in [1.165, 1.54) is 43.1 Å². The molecule has 0 amide bonds. The van der Waals surface area contributed by atoms with Crippen molar-refractivity contribution in [2.24, 2.45) is 0 Å². The molecule has 3 heterocycles. The van der Waals surface area contributed by atoms with Gasteiger partial charge in [0, 0.05) is 52.8 Å². The van der Waals surface area contributed by atoms with Gasteiger partial charge in [-0.25, -0.2) is 18.6 Å². The van der Waals surface area contributed by atoms with Crippen molar-refractivity contribution >= 4 is 39.2 Å². The van der Waals surface area contributed by atoms with Gasteiger partial charge in [0.1, 0.15) is 17.2 Å². The number of benzene rings is 2. The monoisotopic (exact) mass is 462 g/mol. The minimum Gasteiger partial charge on any atom is -0.478 e. The molecule has 0 saturated carbocycles. The van der Waals surface area contributed by atoms with Crippen molar-refractivity contribution < 1.29 is 23.1 Å². The summed E-state index contributed by atoms with van der Waals surface area (Å²) in [6.45, 7) is -0.0645. The Kier molecular flexibility index (Phi) is 5.17. The zero-order chi connectivity index (χ0) is 23.8. The zero-order valence-electron chi connectivity index (χ0n) is 17.4. The smallest absolute Gasteiger partial charge is 0.328 e. The molecule has 0 spiro atoms. The third kappa shape index (κ3) is 3.71. The van der Waals surface area contributed by atoms with Crippen LogP contribution in [0, 0.1) is 11.6 Å². The van der Waals surface area contributed by atoms with Crippen molar-refractivity contribution in [2.75, 3.05) is 5.32 Å². The Balaban J connectivity index is 1.67. The molecule has 0 unspecified atom stereocenters. The van der Waals surface area contributed by atoms with Crippen LogP contribution in [0.25, 0.3) is 27.6 Å². The largest absolute Gasteiger partial charge is 0.478 e. The molecule has 34 heavy (non-hydrogen) atoms. The van der Waals surface area contributed by atoms with Crippen LogP contribution in [0.3, 0.4) is 0 Å². The van der Waals surface area contributed by atoms with E-state index in [0.717, 1.165) is 12.1 Å². The molecule has 10 heteroatoms. The van der Waals surface area contributed by atoms with Crippen LogP contribution in [0.4, 0.5) is 14.5 Å². The highest BCUT2D eigenvalue weighted by molar-refractivity contribution is 6.05. The van der Waals surface area contributed by atoms with Crippen molar-refractivity contribution in [3.05, 3.63) is 99.9 Å². The fraction of sp³-hybridized carbons (Fsp3) is 0.0417. The van der Waals surface area contributed by atoms with Crippen LogP contribution in [0.15, 0.2) is 70.5 Å². The Morgan fingerprint density at radius 2 is 2.03 bits per heavy atom. The number of carboxylic acid groups (broad SMARTS) is 1. The lowest BCUT2D eigenvalue weighted by molar-refractivity contribution is -0.131. The van der Waals surface area contributed by atoms with Gasteiger partial charge in [-0.1, -0.05) is 0 Å². The molecule has 0 aliphatic heterocycles. The second kappa shape index (κ2) is 8.32. The van der Waals surface area contributed by atoms with Crippen LogP contribution in [0.2, 0.25) is 0 Å².